The molecule has 8 nitrogen and oxygen atoms in total. The lowest BCUT2D eigenvalue weighted by molar-refractivity contribution is 0.122. The van der Waals surface area contributed by atoms with E-state index >= 15 is 0 Å². The number of aromatic nitrogens is 3. The van der Waals surface area contributed by atoms with Crippen molar-refractivity contribution in [3.63, 3.8) is 0 Å². The summed E-state index contributed by atoms with van der Waals surface area (Å²) >= 11 is 0. The summed E-state index contributed by atoms with van der Waals surface area (Å²) in [4.78, 5) is 18.6. The van der Waals surface area contributed by atoms with Crippen LogP contribution in [0, 0.1) is 5.92 Å². The largest absolute Gasteiger partial charge is 0.384 e. The number of likely N-dealkylation sites (tertiary alicyclic amines) is 1. The molecule has 8 heteroatoms. The first-order valence-corrected chi connectivity index (χ1v) is 12.1. The summed E-state index contributed by atoms with van der Waals surface area (Å²) in [6.07, 6.45) is 4.32. The van der Waals surface area contributed by atoms with Crippen molar-refractivity contribution < 1.29 is 4.74 Å². The minimum Gasteiger partial charge on any atom is -0.384 e. The summed E-state index contributed by atoms with van der Waals surface area (Å²) < 4.78 is 5.52. The van der Waals surface area contributed by atoms with Crippen LogP contribution in [-0.2, 0) is 11.3 Å². The molecule has 3 aromatic rings. The molecular weight excluding hydrogens is 426 g/mol. The molecule has 0 unspecified atom stereocenters. The number of benzene rings is 1. The molecule has 2 fully saturated rings. The number of pyridine rings is 1. The Morgan fingerprint density at radius 1 is 1.03 bits per heavy atom. The van der Waals surface area contributed by atoms with Gasteiger partial charge in [-0.25, -0.2) is 9.97 Å². The predicted octanol–water partition coefficient (Wildman–Crippen LogP) is 3.93. The molecule has 0 saturated carbocycles. The topological polar surface area (TPSA) is 92.4 Å². The molecule has 0 atom stereocenters. The third kappa shape index (κ3) is 5.63. The van der Waals surface area contributed by atoms with Crippen molar-refractivity contribution in [2.24, 2.45) is 5.92 Å². The lowest BCUT2D eigenvalue weighted by Gasteiger charge is -2.30. The van der Waals surface area contributed by atoms with Gasteiger partial charge in [-0.05, 0) is 61.7 Å². The van der Waals surface area contributed by atoms with Crippen molar-refractivity contribution in [2.45, 2.75) is 26.3 Å². The highest BCUT2D eigenvalue weighted by Gasteiger charge is 2.18. The maximum absolute atomic E-state index is 5.79. The van der Waals surface area contributed by atoms with E-state index < -0.39 is 0 Å². The molecule has 3 N–H and O–H groups in total. The number of nitrogens with zero attached hydrogens (tertiary/aromatic N) is 5. The maximum atomic E-state index is 5.79. The van der Waals surface area contributed by atoms with Crippen LogP contribution in [0.25, 0.3) is 11.3 Å². The van der Waals surface area contributed by atoms with Crippen molar-refractivity contribution in [1.82, 2.24) is 19.9 Å². The molecule has 0 bridgehead atoms. The van der Waals surface area contributed by atoms with E-state index in [1.54, 1.807) is 12.3 Å². The van der Waals surface area contributed by atoms with Gasteiger partial charge in [0.1, 0.15) is 11.6 Å². The highest BCUT2D eigenvalue weighted by molar-refractivity contribution is 5.68. The number of nitrogens with one attached hydrogen (secondary N) is 1. The van der Waals surface area contributed by atoms with Crippen LogP contribution in [0.1, 0.15) is 25.3 Å². The molecule has 0 aliphatic carbocycles. The second-order valence-electron chi connectivity index (χ2n) is 9.29. The van der Waals surface area contributed by atoms with Crippen LogP contribution in [0.5, 0.6) is 0 Å². The third-order valence-corrected chi connectivity index (χ3v) is 6.57. The molecule has 0 amide bonds. The van der Waals surface area contributed by atoms with Crippen molar-refractivity contribution >= 4 is 23.3 Å². The fraction of sp³-hybridized carbons (Fsp3) is 0.423. The average Bonchev–Trinajstić information content (AvgIpc) is 2.86. The summed E-state index contributed by atoms with van der Waals surface area (Å²) in [6, 6.07) is 14.3. The van der Waals surface area contributed by atoms with Gasteiger partial charge in [-0.3, -0.25) is 4.90 Å². The Morgan fingerprint density at radius 2 is 1.85 bits per heavy atom. The highest BCUT2D eigenvalue weighted by Crippen LogP contribution is 2.26. The van der Waals surface area contributed by atoms with Crippen molar-refractivity contribution in [2.75, 3.05) is 55.3 Å². The van der Waals surface area contributed by atoms with Gasteiger partial charge in [-0.15, -0.1) is 0 Å². The van der Waals surface area contributed by atoms with Gasteiger partial charge in [0.25, 0.3) is 0 Å². The van der Waals surface area contributed by atoms with Gasteiger partial charge in [0.15, 0.2) is 0 Å². The number of hydrogen-bond acceptors (Lipinski definition) is 8. The van der Waals surface area contributed by atoms with Crippen LogP contribution in [0.3, 0.4) is 0 Å². The molecule has 2 aliphatic rings. The summed E-state index contributed by atoms with van der Waals surface area (Å²) in [6.45, 7) is 8.57. The van der Waals surface area contributed by atoms with E-state index in [2.05, 4.69) is 51.3 Å². The zero-order valence-electron chi connectivity index (χ0n) is 19.8. The van der Waals surface area contributed by atoms with Gasteiger partial charge in [0, 0.05) is 43.1 Å². The Bertz CT molecular complexity index is 1090. The van der Waals surface area contributed by atoms with Crippen LogP contribution in [0.2, 0.25) is 0 Å². The van der Waals surface area contributed by atoms with E-state index in [0.29, 0.717) is 25.0 Å². The Kier molecular flexibility index (Phi) is 6.87. The van der Waals surface area contributed by atoms with E-state index in [-0.39, 0.29) is 0 Å². The predicted molar refractivity (Wildman–Crippen MR) is 136 cm³/mol. The van der Waals surface area contributed by atoms with Gasteiger partial charge >= 0.3 is 0 Å². The van der Waals surface area contributed by atoms with Crippen LogP contribution < -0.4 is 16.0 Å². The van der Waals surface area contributed by atoms with Gasteiger partial charge in [-0.1, -0.05) is 19.1 Å². The summed E-state index contributed by atoms with van der Waals surface area (Å²) in [7, 11) is 0. The molecule has 2 saturated heterocycles. The number of nitrogens with two attached hydrogens (primary N) is 1. The number of nitrogen functional groups attached to an aromatic ring is 1. The van der Waals surface area contributed by atoms with Gasteiger partial charge < -0.3 is 20.7 Å². The smallest absolute Gasteiger partial charge is 0.228 e. The Morgan fingerprint density at radius 3 is 2.62 bits per heavy atom. The number of rotatable bonds is 6. The number of piperidine rings is 1. The molecule has 0 spiro atoms. The van der Waals surface area contributed by atoms with Crippen LogP contribution >= 0.6 is 0 Å². The van der Waals surface area contributed by atoms with Crippen LogP contribution in [0.4, 0.5) is 23.3 Å². The zero-order valence-corrected chi connectivity index (χ0v) is 19.8. The monoisotopic (exact) mass is 459 g/mol. The fourth-order valence-electron chi connectivity index (χ4n) is 4.48. The third-order valence-electron chi connectivity index (χ3n) is 6.57. The van der Waals surface area contributed by atoms with Gasteiger partial charge in [-0.2, -0.15) is 4.98 Å². The Balaban J connectivity index is 1.39. The van der Waals surface area contributed by atoms with Crippen molar-refractivity contribution in [1.29, 1.82) is 0 Å². The molecule has 34 heavy (non-hydrogen) atoms. The fourth-order valence-corrected chi connectivity index (χ4v) is 4.48. The van der Waals surface area contributed by atoms with E-state index in [1.807, 2.05) is 12.1 Å². The lowest BCUT2D eigenvalue weighted by Crippen LogP contribution is -2.37. The maximum Gasteiger partial charge on any atom is 0.228 e. The van der Waals surface area contributed by atoms with E-state index in [9.17, 15) is 0 Å². The summed E-state index contributed by atoms with van der Waals surface area (Å²) in [5, 5.41) is 3.52. The zero-order chi connectivity index (χ0) is 23.3. The first kappa shape index (κ1) is 22.6. The number of ether oxygens (including phenoxy) is 1. The van der Waals surface area contributed by atoms with E-state index in [0.717, 1.165) is 48.3 Å². The SMILES string of the molecule is CC1CCN(Cc2cccc(Nc3cc(-c4ccc(N)nc4)nc(N4CCOCC4)n3)c2)CC1. The summed E-state index contributed by atoms with van der Waals surface area (Å²) in [5.74, 6) is 2.78. The second kappa shape index (κ2) is 10.4. The van der Waals surface area contributed by atoms with Crippen molar-refractivity contribution in [3.05, 3.63) is 54.2 Å². The highest BCUT2D eigenvalue weighted by atomic mass is 16.5. The molecule has 0 radical (unpaired) electrons. The van der Waals surface area contributed by atoms with Crippen LogP contribution in [-0.4, -0.2) is 59.2 Å². The number of hydrogen-bond donors (Lipinski definition) is 2. The molecular formula is C26H33N7O. The number of morpholine rings is 1. The lowest BCUT2D eigenvalue weighted by atomic mass is 9.99. The first-order valence-electron chi connectivity index (χ1n) is 12.1. The molecule has 178 valence electrons. The van der Waals surface area contributed by atoms with E-state index in [1.165, 1.54) is 31.5 Å². The van der Waals surface area contributed by atoms with Gasteiger partial charge in [0.05, 0.1) is 18.9 Å². The van der Waals surface area contributed by atoms with Crippen molar-refractivity contribution in [3.8, 4) is 11.3 Å². The minimum absolute atomic E-state index is 0.490. The Hall–Kier alpha value is -3.23. The van der Waals surface area contributed by atoms with Crippen LogP contribution in [0.15, 0.2) is 48.7 Å². The average molecular weight is 460 g/mol. The summed E-state index contributed by atoms with van der Waals surface area (Å²) in [5.41, 5.74) is 9.84. The standard InChI is InChI=1S/C26H33N7O/c1-19-7-9-32(10-8-19)18-20-3-2-4-22(15-20)29-25-16-23(21-5-6-24(27)28-17-21)30-26(31-25)33-11-13-34-14-12-33/h2-6,15-17,19H,7-14,18H2,1H3,(H2,27,28)(H,29,30,31). The van der Waals surface area contributed by atoms with E-state index in [4.69, 9.17) is 20.4 Å². The molecule has 2 aliphatic heterocycles. The molecule has 2 aromatic heterocycles. The normalized spacial score (nSPS) is 17.6. The molecule has 4 heterocycles. The molecule has 5 rings (SSSR count). The number of anilines is 4. The minimum atomic E-state index is 0.490. The Labute approximate surface area is 201 Å². The van der Waals surface area contributed by atoms with Gasteiger partial charge in [0.2, 0.25) is 5.95 Å². The first-order chi connectivity index (χ1) is 16.6. The second-order valence-corrected chi connectivity index (χ2v) is 9.29. The molecule has 1 aromatic carbocycles. The quantitative estimate of drug-likeness (QED) is 0.573.